The van der Waals surface area contributed by atoms with Crippen LogP contribution in [0.2, 0.25) is 0 Å². The van der Waals surface area contributed by atoms with Crippen LogP contribution in [0.15, 0.2) is 24.3 Å². The lowest BCUT2D eigenvalue weighted by Crippen LogP contribution is -2.48. The van der Waals surface area contributed by atoms with Crippen LogP contribution >= 0.6 is 0 Å². The second kappa shape index (κ2) is 4.49. The van der Waals surface area contributed by atoms with E-state index >= 15 is 0 Å². The number of piperazine rings is 1. The number of nitrogens with zero attached hydrogens (tertiary/aromatic N) is 3. The second-order valence-electron chi connectivity index (χ2n) is 5.76. The summed E-state index contributed by atoms with van der Waals surface area (Å²) < 4.78 is 0. The Morgan fingerprint density at radius 3 is 2.37 bits per heavy atom. The zero-order chi connectivity index (χ0) is 13.6. The first-order valence-corrected chi connectivity index (χ1v) is 6.83. The molecule has 3 rings (SSSR count). The molecule has 102 valence electrons. The van der Waals surface area contributed by atoms with Gasteiger partial charge in [0.1, 0.15) is 0 Å². The Hall–Kier alpha value is -1.62. The van der Waals surface area contributed by atoms with Crippen molar-refractivity contribution in [2.75, 3.05) is 18.0 Å². The summed E-state index contributed by atoms with van der Waals surface area (Å²) in [5.74, 6) is 0. The SMILES string of the molecule is CC(C)N1C[C@H]2C[C@H]1CN2c1ccc([N+](=O)[O-])cc1. The van der Waals surface area contributed by atoms with Gasteiger partial charge in [-0.1, -0.05) is 0 Å². The molecule has 2 bridgehead atoms. The van der Waals surface area contributed by atoms with E-state index in [9.17, 15) is 10.1 Å². The van der Waals surface area contributed by atoms with Crippen LogP contribution in [0.1, 0.15) is 20.3 Å². The van der Waals surface area contributed by atoms with E-state index in [1.54, 1.807) is 12.1 Å². The van der Waals surface area contributed by atoms with E-state index in [2.05, 4.69) is 23.6 Å². The van der Waals surface area contributed by atoms with Gasteiger partial charge in [-0.25, -0.2) is 0 Å². The zero-order valence-electron chi connectivity index (χ0n) is 11.3. The van der Waals surface area contributed by atoms with Crippen molar-refractivity contribution in [2.45, 2.75) is 38.4 Å². The molecule has 0 aliphatic carbocycles. The van der Waals surface area contributed by atoms with Gasteiger partial charge in [0.15, 0.2) is 0 Å². The average molecular weight is 261 g/mol. The molecular weight excluding hydrogens is 242 g/mol. The van der Waals surface area contributed by atoms with Crippen LogP contribution in [0.5, 0.6) is 0 Å². The summed E-state index contributed by atoms with van der Waals surface area (Å²) in [5, 5.41) is 10.7. The number of nitro groups is 1. The number of benzene rings is 1. The third kappa shape index (κ3) is 2.08. The third-order valence-electron chi connectivity index (χ3n) is 4.34. The maximum atomic E-state index is 10.7. The van der Waals surface area contributed by atoms with Crippen molar-refractivity contribution in [3.63, 3.8) is 0 Å². The van der Waals surface area contributed by atoms with Crippen molar-refractivity contribution in [3.05, 3.63) is 34.4 Å². The summed E-state index contributed by atoms with van der Waals surface area (Å²) in [7, 11) is 0. The largest absolute Gasteiger partial charge is 0.366 e. The smallest absolute Gasteiger partial charge is 0.269 e. The molecule has 2 fully saturated rings. The highest BCUT2D eigenvalue weighted by molar-refractivity contribution is 5.53. The number of hydrogen-bond acceptors (Lipinski definition) is 4. The standard InChI is InChI=1S/C14H19N3O2/c1-10(2)15-8-14-7-13(15)9-16(14)11-3-5-12(6-4-11)17(18)19/h3-6,10,13-14H,7-9H2,1-2H3/t13-,14+/m0/s1. The summed E-state index contributed by atoms with van der Waals surface area (Å²) in [6.07, 6.45) is 1.22. The van der Waals surface area contributed by atoms with E-state index < -0.39 is 0 Å². The van der Waals surface area contributed by atoms with E-state index in [0.29, 0.717) is 18.1 Å². The number of non-ortho nitro benzene ring substituents is 1. The number of hydrogen-bond donors (Lipinski definition) is 0. The molecule has 0 N–H and O–H groups in total. The van der Waals surface area contributed by atoms with Crippen molar-refractivity contribution in [1.82, 2.24) is 4.90 Å². The highest BCUT2D eigenvalue weighted by atomic mass is 16.6. The highest BCUT2D eigenvalue weighted by Gasteiger charge is 2.43. The first-order valence-electron chi connectivity index (χ1n) is 6.83. The van der Waals surface area contributed by atoms with E-state index in [-0.39, 0.29) is 10.6 Å². The van der Waals surface area contributed by atoms with Crippen LogP contribution in [0, 0.1) is 10.1 Å². The van der Waals surface area contributed by atoms with Gasteiger partial charge in [-0.2, -0.15) is 0 Å². The fourth-order valence-corrected chi connectivity index (χ4v) is 3.41. The van der Waals surface area contributed by atoms with Gasteiger partial charge in [-0.05, 0) is 32.4 Å². The van der Waals surface area contributed by atoms with Crippen LogP contribution < -0.4 is 4.90 Å². The predicted molar refractivity (Wildman–Crippen MR) is 74.5 cm³/mol. The number of likely N-dealkylation sites (tertiary alicyclic amines) is 1. The Morgan fingerprint density at radius 2 is 1.89 bits per heavy atom. The fraction of sp³-hybridized carbons (Fsp3) is 0.571. The van der Waals surface area contributed by atoms with E-state index in [0.717, 1.165) is 18.8 Å². The molecule has 0 spiro atoms. The second-order valence-corrected chi connectivity index (χ2v) is 5.76. The normalized spacial score (nSPS) is 26.4. The number of nitro benzene ring substituents is 1. The molecule has 0 amide bonds. The lowest BCUT2D eigenvalue weighted by molar-refractivity contribution is -0.384. The minimum absolute atomic E-state index is 0.164. The van der Waals surface area contributed by atoms with Crippen LogP contribution in [0.25, 0.3) is 0 Å². The summed E-state index contributed by atoms with van der Waals surface area (Å²) in [6, 6.07) is 8.75. The van der Waals surface area contributed by atoms with Crippen LogP contribution in [0.3, 0.4) is 0 Å². The molecule has 5 heteroatoms. The fourth-order valence-electron chi connectivity index (χ4n) is 3.41. The Balaban J connectivity index is 1.74. The first kappa shape index (κ1) is 12.4. The lowest BCUT2D eigenvalue weighted by atomic mass is 10.2. The Kier molecular flexibility index (Phi) is 2.93. The molecule has 0 aromatic heterocycles. The van der Waals surface area contributed by atoms with Crippen LogP contribution in [-0.4, -0.2) is 41.0 Å². The number of anilines is 1. The Morgan fingerprint density at radius 1 is 1.21 bits per heavy atom. The third-order valence-corrected chi connectivity index (χ3v) is 4.34. The summed E-state index contributed by atoms with van der Waals surface area (Å²) in [5.41, 5.74) is 1.28. The number of rotatable bonds is 3. The molecule has 2 aliphatic rings. The summed E-state index contributed by atoms with van der Waals surface area (Å²) >= 11 is 0. The predicted octanol–water partition coefficient (Wildman–Crippen LogP) is 2.27. The van der Waals surface area contributed by atoms with Crippen molar-refractivity contribution < 1.29 is 4.92 Å². The average Bonchev–Trinajstić information content (AvgIpc) is 2.98. The van der Waals surface area contributed by atoms with Gasteiger partial charge in [-0.3, -0.25) is 15.0 Å². The highest BCUT2D eigenvalue weighted by Crippen LogP contribution is 2.35. The molecule has 0 radical (unpaired) electrons. The van der Waals surface area contributed by atoms with E-state index in [1.807, 2.05) is 12.1 Å². The molecule has 1 aromatic rings. The molecule has 0 saturated carbocycles. The van der Waals surface area contributed by atoms with Gasteiger partial charge >= 0.3 is 0 Å². The topological polar surface area (TPSA) is 49.6 Å². The summed E-state index contributed by atoms with van der Waals surface area (Å²) in [6.45, 7) is 6.65. The first-order chi connectivity index (χ1) is 9.06. The van der Waals surface area contributed by atoms with Gasteiger partial charge in [0.05, 0.1) is 4.92 Å². The minimum atomic E-state index is -0.347. The molecule has 19 heavy (non-hydrogen) atoms. The lowest BCUT2D eigenvalue weighted by Gasteiger charge is -2.37. The van der Waals surface area contributed by atoms with Crippen molar-refractivity contribution >= 4 is 11.4 Å². The maximum absolute atomic E-state index is 10.7. The molecule has 2 saturated heterocycles. The molecule has 1 aromatic carbocycles. The van der Waals surface area contributed by atoms with Crippen LogP contribution in [-0.2, 0) is 0 Å². The van der Waals surface area contributed by atoms with E-state index in [4.69, 9.17) is 0 Å². The molecule has 2 atom stereocenters. The molecular formula is C14H19N3O2. The monoisotopic (exact) mass is 261 g/mol. The zero-order valence-corrected chi connectivity index (χ0v) is 11.3. The quantitative estimate of drug-likeness (QED) is 0.618. The van der Waals surface area contributed by atoms with Gasteiger partial charge in [0.25, 0.3) is 5.69 Å². The van der Waals surface area contributed by atoms with Gasteiger partial charge in [0, 0.05) is 49.0 Å². The maximum Gasteiger partial charge on any atom is 0.269 e. The van der Waals surface area contributed by atoms with Gasteiger partial charge < -0.3 is 4.90 Å². The van der Waals surface area contributed by atoms with Crippen molar-refractivity contribution in [1.29, 1.82) is 0 Å². The van der Waals surface area contributed by atoms with E-state index in [1.165, 1.54) is 6.42 Å². The Bertz CT molecular complexity index is 486. The molecule has 0 unspecified atom stereocenters. The van der Waals surface area contributed by atoms with Crippen LogP contribution in [0.4, 0.5) is 11.4 Å². The van der Waals surface area contributed by atoms with Crippen molar-refractivity contribution in [3.8, 4) is 0 Å². The molecule has 2 aliphatic heterocycles. The molecule has 2 heterocycles. The summed E-state index contributed by atoms with van der Waals surface area (Å²) in [4.78, 5) is 15.3. The van der Waals surface area contributed by atoms with Gasteiger partial charge in [0.2, 0.25) is 0 Å². The van der Waals surface area contributed by atoms with Gasteiger partial charge in [-0.15, -0.1) is 0 Å². The minimum Gasteiger partial charge on any atom is -0.366 e. The number of fused-ring (bicyclic) bond motifs is 2. The Labute approximate surface area is 113 Å². The van der Waals surface area contributed by atoms with Crippen molar-refractivity contribution in [2.24, 2.45) is 0 Å². The molecule has 5 nitrogen and oxygen atoms in total.